The number of nitrogens with zero attached hydrogens (tertiary/aromatic N) is 1. The van der Waals surface area contributed by atoms with E-state index in [-0.39, 0.29) is 23.4 Å². The zero-order valence-electron chi connectivity index (χ0n) is 9.54. The standard InChI is InChI=1S/C10H15ClN2O3/c1-4-16-6(2)5-13-9(14)7(3)8(11)12-10(13)15/h6H,4-5H2,1-3H3,(H,12,15). The van der Waals surface area contributed by atoms with E-state index in [1.807, 2.05) is 6.92 Å². The van der Waals surface area contributed by atoms with E-state index in [0.29, 0.717) is 12.2 Å². The fourth-order valence-corrected chi connectivity index (χ4v) is 1.57. The second kappa shape index (κ2) is 5.32. The van der Waals surface area contributed by atoms with E-state index in [1.165, 1.54) is 0 Å². The van der Waals surface area contributed by atoms with E-state index in [1.54, 1.807) is 13.8 Å². The number of H-pyrrole nitrogens is 1. The van der Waals surface area contributed by atoms with E-state index in [9.17, 15) is 9.59 Å². The van der Waals surface area contributed by atoms with Crippen molar-refractivity contribution < 1.29 is 4.74 Å². The van der Waals surface area contributed by atoms with Gasteiger partial charge < -0.3 is 4.74 Å². The van der Waals surface area contributed by atoms with E-state index in [4.69, 9.17) is 16.3 Å². The highest BCUT2D eigenvalue weighted by molar-refractivity contribution is 6.30. The maximum atomic E-state index is 11.8. The molecule has 0 aliphatic heterocycles. The van der Waals surface area contributed by atoms with Crippen molar-refractivity contribution >= 4 is 11.6 Å². The minimum absolute atomic E-state index is 0.0929. The van der Waals surface area contributed by atoms with Gasteiger partial charge in [-0.2, -0.15) is 0 Å². The molecule has 0 saturated heterocycles. The average molecular weight is 247 g/mol. The van der Waals surface area contributed by atoms with Crippen LogP contribution in [-0.4, -0.2) is 22.3 Å². The zero-order chi connectivity index (χ0) is 12.3. The molecular formula is C10H15ClN2O3. The van der Waals surface area contributed by atoms with Gasteiger partial charge in [-0.1, -0.05) is 11.6 Å². The molecule has 0 aromatic carbocycles. The molecule has 0 saturated carbocycles. The summed E-state index contributed by atoms with van der Waals surface area (Å²) in [6.45, 7) is 6.00. The lowest BCUT2D eigenvalue weighted by Crippen LogP contribution is -2.39. The summed E-state index contributed by atoms with van der Waals surface area (Å²) in [6, 6.07) is 0. The molecule has 0 bridgehead atoms. The summed E-state index contributed by atoms with van der Waals surface area (Å²) in [4.78, 5) is 25.7. The Hall–Kier alpha value is -1.07. The minimum atomic E-state index is -0.507. The average Bonchev–Trinajstić information content (AvgIpc) is 2.22. The van der Waals surface area contributed by atoms with Crippen LogP contribution in [0.15, 0.2) is 9.59 Å². The maximum absolute atomic E-state index is 11.8. The van der Waals surface area contributed by atoms with Crippen molar-refractivity contribution in [2.24, 2.45) is 0 Å². The first-order valence-electron chi connectivity index (χ1n) is 5.08. The van der Waals surface area contributed by atoms with Crippen LogP contribution >= 0.6 is 11.6 Å². The van der Waals surface area contributed by atoms with Crippen molar-refractivity contribution in [3.8, 4) is 0 Å². The molecule has 0 aliphatic carbocycles. The fourth-order valence-electron chi connectivity index (χ4n) is 1.40. The summed E-state index contributed by atoms with van der Waals surface area (Å²) in [5.41, 5.74) is -0.544. The Labute approximate surface area is 98.0 Å². The Morgan fingerprint density at radius 1 is 1.50 bits per heavy atom. The van der Waals surface area contributed by atoms with E-state index < -0.39 is 5.69 Å². The molecule has 0 spiro atoms. The van der Waals surface area contributed by atoms with Crippen LogP contribution in [0, 0.1) is 6.92 Å². The molecule has 5 nitrogen and oxygen atoms in total. The Balaban J connectivity index is 3.10. The van der Waals surface area contributed by atoms with Gasteiger partial charge in [-0.05, 0) is 20.8 Å². The molecule has 0 amide bonds. The number of halogens is 1. The highest BCUT2D eigenvalue weighted by Gasteiger charge is 2.11. The summed E-state index contributed by atoms with van der Waals surface area (Å²) in [5, 5.41) is 0.0929. The molecule has 0 aliphatic rings. The van der Waals surface area contributed by atoms with Crippen molar-refractivity contribution in [3.63, 3.8) is 0 Å². The molecule has 0 radical (unpaired) electrons. The van der Waals surface area contributed by atoms with Crippen LogP contribution in [0.3, 0.4) is 0 Å². The lowest BCUT2D eigenvalue weighted by Gasteiger charge is -2.13. The van der Waals surface area contributed by atoms with Crippen LogP contribution in [0.1, 0.15) is 19.4 Å². The normalized spacial score (nSPS) is 12.8. The Morgan fingerprint density at radius 2 is 2.12 bits per heavy atom. The lowest BCUT2D eigenvalue weighted by atomic mass is 10.3. The Kier molecular flexibility index (Phi) is 4.32. The van der Waals surface area contributed by atoms with Crippen LogP contribution in [-0.2, 0) is 11.3 Å². The predicted octanol–water partition coefficient (Wildman–Crippen LogP) is 0.923. The van der Waals surface area contributed by atoms with Crippen molar-refractivity contribution in [1.82, 2.24) is 9.55 Å². The summed E-state index contributed by atoms with van der Waals surface area (Å²) in [6.07, 6.45) is -0.190. The Morgan fingerprint density at radius 3 is 2.69 bits per heavy atom. The van der Waals surface area contributed by atoms with Gasteiger partial charge >= 0.3 is 5.69 Å². The van der Waals surface area contributed by atoms with Gasteiger partial charge in [0.25, 0.3) is 5.56 Å². The van der Waals surface area contributed by atoms with E-state index >= 15 is 0 Å². The summed E-state index contributed by atoms with van der Waals surface area (Å²) in [7, 11) is 0. The van der Waals surface area contributed by atoms with Crippen molar-refractivity contribution in [3.05, 3.63) is 31.6 Å². The van der Waals surface area contributed by atoms with Gasteiger partial charge in [-0.25, -0.2) is 4.79 Å². The van der Waals surface area contributed by atoms with Gasteiger partial charge in [0.2, 0.25) is 0 Å². The molecule has 1 unspecified atom stereocenters. The van der Waals surface area contributed by atoms with Crippen molar-refractivity contribution in [1.29, 1.82) is 0 Å². The SMILES string of the molecule is CCOC(C)Cn1c(=O)[nH]c(Cl)c(C)c1=O. The number of rotatable bonds is 4. The second-order valence-corrected chi connectivity index (χ2v) is 3.93. The zero-order valence-corrected chi connectivity index (χ0v) is 10.3. The van der Waals surface area contributed by atoms with Gasteiger partial charge in [0.15, 0.2) is 0 Å². The molecular weight excluding hydrogens is 232 g/mol. The third-order valence-corrected chi connectivity index (χ3v) is 2.63. The van der Waals surface area contributed by atoms with E-state index in [2.05, 4.69) is 4.98 Å². The van der Waals surface area contributed by atoms with Crippen LogP contribution in [0.25, 0.3) is 0 Å². The fraction of sp³-hybridized carbons (Fsp3) is 0.600. The molecule has 1 atom stereocenters. The molecule has 1 aromatic heterocycles. The minimum Gasteiger partial charge on any atom is -0.377 e. The van der Waals surface area contributed by atoms with E-state index in [0.717, 1.165) is 4.57 Å². The van der Waals surface area contributed by atoms with Gasteiger partial charge in [-0.3, -0.25) is 14.3 Å². The number of hydrogen-bond acceptors (Lipinski definition) is 3. The largest absolute Gasteiger partial charge is 0.377 e. The van der Waals surface area contributed by atoms with Gasteiger partial charge in [0.1, 0.15) is 5.15 Å². The highest BCUT2D eigenvalue weighted by atomic mass is 35.5. The first kappa shape index (κ1) is 13.0. The van der Waals surface area contributed by atoms with Crippen LogP contribution < -0.4 is 11.2 Å². The third kappa shape index (κ3) is 2.74. The molecule has 1 heterocycles. The van der Waals surface area contributed by atoms with Crippen molar-refractivity contribution in [2.45, 2.75) is 33.4 Å². The molecule has 1 rings (SSSR count). The smallest absolute Gasteiger partial charge is 0.329 e. The summed E-state index contributed by atoms with van der Waals surface area (Å²) in [5.74, 6) is 0. The topological polar surface area (TPSA) is 64.1 Å². The molecule has 16 heavy (non-hydrogen) atoms. The number of hydrogen-bond donors (Lipinski definition) is 1. The lowest BCUT2D eigenvalue weighted by molar-refractivity contribution is 0.0623. The van der Waals surface area contributed by atoms with Gasteiger partial charge in [0.05, 0.1) is 12.6 Å². The predicted molar refractivity (Wildman–Crippen MR) is 62.2 cm³/mol. The van der Waals surface area contributed by atoms with Gasteiger partial charge in [0, 0.05) is 12.2 Å². The second-order valence-electron chi connectivity index (χ2n) is 3.55. The number of nitrogens with one attached hydrogen (secondary N) is 1. The molecule has 90 valence electrons. The number of aromatic nitrogens is 2. The quantitative estimate of drug-likeness (QED) is 0.804. The molecule has 0 fully saturated rings. The molecule has 1 aromatic rings. The first-order valence-corrected chi connectivity index (χ1v) is 5.46. The first-order chi connectivity index (χ1) is 7.47. The number of ether oxygens (including phenoxy) is 1. The summed E-state index contributed by atoms with van der Waals surface area (Å²) >= 11 is 5.69. The monoisotopic (exact) mass is 246 g/mol. The van der Waals surface area contributed by atoms with Crippen molar-refractivity contribution in [2.75, 3.05) is 6.61 Å². The van der Waals surface area contributed by atoms with Gasteiger partial charge in [-0.15, -0.1) is 0 Å². The van der Waals surface area contributed by atoms with Crippen LogP contribution in [0.2, 0.25) is 5.15 Å². The summed E-state index contributed by atoms with van der Waals surface area (Å²) < 4.78 is 6.38. The molecule has 1 N–H and O–H groups in total. The molecule has 6 heteroatoms. The number of aromatic amines is 1. The third-order valence-electron chi connectivity index (χ3n) is 2.25. The van der Waals surface area contributed by atoms with Crippen LogP contribution in [0.4, 0.5) is 0 Å². The Bertz CT molecular complexity index is 478. The maximum Gasteiger partial charge on any atom is 0.329 e. The van der Waals surface area contributed by atoms with Crippen LogP contribution in [0.5, 0.6) is 0 Å². The highest BCUT2D eigenvalue weighted by Crippen LogP contribution is 2.03.